The second-order valence-corrected chi connectivity index (χ2v) is 11.5. The van der Waals surface area contributed by atoms with Crippen molar-refractivity contribution in [1.29, 1.82) is 5.41 Å². The van der Waals surface area contributed by atoms with Gasteiger partial charge in [-0.1, -0.05) is 20.8 Å². The Bertz CT molecular complexity index is 1410. The van der Waals surface area contributed by atoms with Crippen LogP contribution < -0.4 is 10.2 Å². The Hall–Kier alpha value is -4.41. The van der Waals surface area contributed by atoms with Crippen molar-refractivity contribution >= 4 is 35.1 Å². The number of amides is 2. The molecule has 11 nitrogen and oxygen atoms in total. The summed E-state index contributed by atoms with van der Waals surface area (Å²) in [6.07, 6.45) is -0.250. The highest BCUT2D eigenvalue weighted by molar-refractivity contribution is 6.08. The van der Waals surface area contributed by atoms with E-state index in [-0.39, 0.29) is 55.2 Å². The Morgan fingerprint density at radius 1 is 1.10 bits per heavy atom. The van der Waals surface area contributed by atoms with Crippen molar-refractivity contribution in [3.05, 3.63) is 57.6 Å². The molecular formula is C30H39N5O6. The van der Waals surface area contributed by atoms with Crippen molar-refractivity contribution in [3.8, 4) is 5.75 Å². The van der Waals surface area contributed by atoms with Crippen molar-refractivity contribution in [2.75, 3.05) is 39.1 Å². The van der Waals surface area contributed by atoms with E-state index in [0.29, 0.717) is 40.0 Å². The molecule has 220 valence electrons. The van der Waals surface area contributed by atoms with Gasteiger partial charge in [0.05, 0.1) is 18.5 Å². The third-order valence-electron chi connectivity index (χ3n) is 7.16. The topological polar surface area (TPSA) is 154 Å². The molecule has 0 bridgehead atoms. The molecule has 1 aliphatic rings. The number of phenols is 1. The highest BCUT2D eigenvalue weighted by atomic mass is 16.4. The number of benzene rings is 2. The number of amidine groups is 1. The van der Waals surface area contributed by atoms with Gasteiger partial charge in [0.25, 0.3) is 5.91 Å². The number of hydrogen-bond donors (Lipinski definition) is 4. The Balaban J connectivity index is 1.95. The van der Waals surface area contributed by atoms with Crippen LogP contribution in [0.15, 0.2) is 24.3 Å². The number of rotatable bonds is 10. The average Bonchev–Trinajstić information content (AvgIpc) is 3.18. The predicted octanol–water partition coefficient (Wildman–Crippen LogP) is 2.96. The molecule has 0 atom stereocenters. The molecule has 0 saturated carbocycles. The summed E-state index contributed by atoms with van der Waals surface area (Å²) < 4.78 is 0. The van der Waals surface area contributed by atoms with E-state index in [2.05, 4.69) is 5.32 Å². The van der Waals surface area contributed by atoms with Crippen LogP contribution in [0.5, 0.6) is 5.75 Å². The average molecular weight is 566 g/mol. The van der Waals surface area contributed by atoms with Crippen LogP contribution >= 0.6 is 0 Å². The number of aliphatic carboxylic acids is 1. The molecular weight excluding hydrogens is 526 g/mol. The number of nitrogens with zero attached hydrogens (tertiary/aromatic N) is 3. The van der Waals surface area contributed by atoms with Gasteiger partial charge in [-0.15, -0.1) is 0 Å². The number of carboxylic acid groups (broad SMARTS) is 1. The number of anilines is 1. The lowest BCUT2D eigenvalue weighted by Crippen LogP contribution is -2.32. The summed E-state index contributed by atoms with van der Waals surface area (Å²) in [7, 11) is 5.21. The van der Waals surface area contributed by atoms with Crippen molar-refractivity contribution in [3.63, 3.8) is 0 Å². The largest absolute Gasteiger partial charge is 0.507 e. The van der Waals surface area contributed by atoms with Gasteiger partial charge >= 0.3 is 5.97 Å². The first-order valence-corrected chi connectivity index (χ1v) is 13.3. The zero-order chi connectivity index (χ0) is 30.8. The Labute approximate surface area is 240 Å². The molecule has 0 saturated heterocycles. The van der Waals surface area contributed by atoms with Crippen molar-refractivity contribution in [2.24, 2.45) is 0 Å². The molecule has 0 unspecified atom stereocenters. The number of fused-ring (bicyclic) bond motifs is 1. The second-order valence-electron chi connectivity index (χ2n) is 11.5. The van der Waals surface area contributed by atoms with E-state index in [9.17, 15) is 24.3 Å². The molecule has 0 aromatic heterocycles. The van der Waals surface area contributed by atoms with Crippen molar-refractivity contribution < 1.29 is 29.4 Å². The molecule has 0 radical (unpaired) electrons. The number of ketones is 1. The molecule has 11 heteroatoms. The maximum Gasteiger partial charge on any atom is 0.305 e. The third kappa shape index (κ3) is 6.85. The standard InChI is InChI=1S/C30H39N5O6/c1-17(36)34(9-8-26(38)39)15-20-10-18(11-23(27(20)40)30(2,3)4)25(37)16-35-14-19-12-24(33(6)7)22(29(41)32-5)13-21(19)28(35)31/h10-13,31,40H,8-9,14-16H2,1-7H3,(H,32,41)(H,38,39). The van der Waals surface area contributed by atoms with Gasteiger partial charge in [0.2, 0.25) is 5.91 Å². The lowest BCUT2D eigenvalue weighted by Gasteiger charge is -2.26. The van der Waals surface area contributed by atoms with Crippen LogP contribution in [0.25, 0.3) is 0 Å². The number of phenolic OH excluding ortho intramolecular Hbond substituents is 1. The van der Waals surface area contributed by atoms with Gasteiger partial charge in [0.15, 0.2) is 5.78 Å². The van der Waals surface area contributed by atoms with E-state index in [4.69, 9.17) is 10.5 Å². The van der Waals surface area contributed by atoms with Crippen LogP contribution in [-0.2, 0) is 28.1 Å². The molecule has 2 amide bonds. The van der Waals surface area contributed by atoms with E-state index in [0.717, 1.165) is 5.56 Å². The summed E-state index contributed by atoms with van der Waals surface area (Å²) in [5, 5.41) is 31.6. The monoisotopic (exact) mass is 565 g/mol. The van der Waals surface area contributed by atoms with Gasteiger partial charge in [-0.25, -0.2) is 0 Å². The van der Waals surface area contributed by atoms with E-state index in [1.165, 1.54) is 17.9 Å². The number of nitrogens with one attached hydrogen (secondary N) is 2. The minimum absolute atomic E-state index is 0.0384. The van der Waals surface area contributed by atoms with Crippen LogP contribution in [0.2, 0.25) is 0 Å². The zero-order valence-electron chi connectivity index (χ0n) is 24.7. The lowest BCUT2D eigenvalue weighted by molar-refractivity contribution is -0.138. The van der Waals surface area contributed by atoms with E-state index < -0.39 is 11.4 Å². The van der Waals surface area contributed by atoms with Gasteiger partial charge in [0.1, 0.15) is 11.6 Å². The summed E-state index contributed by atoms with van der Waals surface area (Å²) in [6, 6.07) is 6.71. The molecule has 0 spiro atoms. The summed E-state index contributed by atoms with van der Waals surface area (Å²) >= 11 is 0. The first kappa shape index (κ1) is 31.1. The minimum atomic E-state index is -1.05. The fourth-order valence-electron chi connectivity index (χ4n) is 4.86. The predicted molar refractivity (Wildman–Crippen MR) is 156 cm³/mol. The summed E-state index contributed by atoms with van der Waals surface area (Å²) in [5.74, 6) is -1.86. The van der Waals surface area contributed by atoms with Crippen LogP contribution in [0, 0.1) is 5.41 Å². The van der Waals surface area contributed by atoms with Gasteiger partial charge in [-0.2, -0.15) is 0 Å². The van der Waals surface area contributed by atoms with Crippen LogP contribution in [-0.4, -0.2) is 83.6 Å². The van der Waals surface area contributed by atoms with Crippen molar-refractivity contribution in [2.45, 2.75) is 52.6 Å². The number of carbonyl (C=O) groups is 4. The number of Topliss-reactive ketones (excluding diaryl/α,β-unsaturated/α-hetero) is 1. The molecule has 4 N–H and O–H groups in total. The molecule has 1 heterocycles. The van der Waals surface area contributed by atoms with Crippen molar-refractivity contribution in [1.82, 2.24) is 15.1 Å². The number of carboxylic acids is 1. The van der Waals surface area contributed by atoms with Crippen LogP contribution in [0.3, 0.4) is 0 Å². The van der Waals surface area contributed by atoms with E-state index >= 15 is 0 Å². The van der Waals surface area contributed by atoms with E-state index in [1.54, 1.807) is 24.1 Å². The maximum atomic E-state index is 13.6. The smallest absolute Gasteiger partial charge is 0.305 e. The first-order chi connectivity index (χ1) is 19.0. The van der Waals surface area contributed by atoms with Gasteiger partial charge in [0, 0.05) is 75.6 Å². The summed E-state index contributed by atoms with van der Waals surface area (Å²) in [4.78, 5) is 54.2. The molecule has 1 aliphatic heterocycles. The summed E-state index contributed by atoms with van der Waals surface area (Å²) in [5.41, 5.74) is 3.19. The van der Waals surface area contributed by atoms with Crippen LogP contribution in [0.4, 0.5) is 5.69 Å². The molecule has 3 rings (SSSR count). The minimum Gasteiger partial charge on any atom is -0.507 e. The number of aromatic hydroxyl groups is 1. The second kappa shape index (κ2) is 12.0. The zero-order valence-corrected chi connectivity index (χ0v) is 24.7. The van der Waals surface area contributed by atoms with E-state index in [1.807, 2.05) is 45.8 Å². The molecule has 2 aromatic rings. The highest BCUT2D eigenvalue weighted by Gasteiger charge is 2.30. The number of hydrogen-bond acceptors (Lipinski definition) is 7. The van der Waals surface area contributed by atoms with Gasteiger partial charge in [-0.05, 0) is 35.2 Å². The molecule has 41 heavy (non-hydrogen) atoms. The SMILES string of the molecule is CNC(=O)c1cc2c(cc1N(C)C)CN(CC(=O)c1cc(CN(CCC(=O)O)C(C)=O)c(O)c(C(C)(C)C)c1)C2=N. The molecule has 0 fully saturated rings. The lowest BCUT2D eigenvalue weighted by atomic mass is 9.83. The normalized spacial score (nSPS) is 12.7. The Morgan fingerprint density at radius 3 is 2.29 bits per heavy atom. The van der Waals surface area contributed by atoms with Gasteiger partial charge < -0.3 is 30.2 Å². The quantitative estimate of drug-likeness (QED) is 0.321. The first-order valence-electron chi connectivity index (χ1n) is 13.3. The molecule has 0 aliphatic carbocycles. The van der Waals surface area contributed by atoms with Crippen LogP contribution in [0.1, 0.15) is 77.1 Å². The fraction of sp³-hybridized carbons (Fsp3) is 0.433. The van der Waals surface area contributed by atoms with Gasteiger partial charge in [-0.3, -0.25) is 24.6 Å². The summed E-state index contributed by atoms with van der Waals surface area (Å²) in [6.45, 7) is 7.13. The third-order valence-corrected chi connectivity index (χ3v) is 7.16. The maximum absolute atomic E-state index is 13.6. The molecule has 2 aromatic carbocycles. The Kier molecular flexibility index (Phi) is 9.10. The highest BCUT2D eigenvalue weighted by Crippen LogP contribution is 2.36. The Morgan fingerprint density at radius 2 is 1.76 bits per heavy atom. The fourth-order valence-corrected chi connectivity index (χ4v) is 4.86. The number of carbonyl (C=O) groups excluding carboxylic acids is 3.